The van der Waals surface area contributed by atoms with Crippen LogP contribution in [-0.2, 0) is 9.59 Å². The summed E-state index contributed by atoms with van der Waals surface area (Å²) in [6.45, 7) is 0.157. The van der Waals surface area contributed by atoms with Crippen LogP contribution in [0.1, 0.15) is 0 Å². The van der Waals surface area contributed by atoms with Crippen LogP contribution in [0, 0.1) is 5.92 Å². The highest BCUT2D eigenvalue weighted by molar-refractivity contribution is 6.31. The van der Waals surface area contributed by atoms with Crippen LogP contribution < -0.4 is 15.3 Å². The monoisotopic (exact) mass is 465 g/mol. The van der Waals surface area contributed by atoms with Gasteiger partial charge in [-0.25, -0.2) is 5.01 Å². The van der Waals surface area contributed by atoms with Crippen molar-refractivity contribution in [2.24, 2.45) is 5.92 Å². The van der Waals surface area contributed by atoms with Gasteiger partial charge in [0, 0.05) is 21.1 Å². The number of amides is 2. The van der Waals surface area contributed by atoms with E-state index in [-0.39, 0.29) is 12.5 Å². The van der Waals surface area contributed by atoms with Crippen molar-refractivity contribution in [1.82, 2.24) is 10.2 Å². The molecule has 32 heavy (non-hydrogen) atoms. The number of hydrogen-bond acceptors (Lipinski definition) is 4. The minimum atomic E-state index is -0.926. The number of nitrogens with zero attached hydrogens (tertiary/aromatic N) is 3. The van der Waals surface area contributed by atoms with Gasteiger partial charge in [0.05, 0.1) is 29.6 Å². The molecule has 1 aromatic heterocycles. The number of carbonyl (C=O) groups is 2. The molecule has 0 aliphatic carbocycles. The van der Waals surface area contributed by atoms with Crippen LogP contribution >= 0.6 is 23.2 Å². The average Bonchev–Trinajstić information content (AvgIpc) is 3.37. The van der Waals surface area contributed by atoms with E-state index in [0.717, 1.165) is 10.9 Å². The summed E-state index contributed by atoms with van der Waals surface area (Å²) in [5, 5.41) is 14.9. The zero-order valence-corrected chi connectivity index (χ0v) is 18.1. The Morgan fingerprint density at radius 3 is 2.47 bits per heavy atom. The van der Waals surface area contributed by atoms with Gasteiger partial charge in [-0.15, -0.1) is 0 Å². The lowest BCUT2D eigenvalue weighted by Crippen LogP contribution is -2.39. The summed E-state index contributed by atoms with van der Waals surface area (Å²) in [7, 11) is 0. The largest absolute Gasteiger partial charge is 0.325 e. The van der Waals surface area contributed by atoms with E-state index in [2.05, 4.69) is 15.5 Å². The summed E-state index contributed by atoms with van der Waals surface area (Å²) in [6, 6.07) is 19.5. The van der Waals surface area contributed by atoms with Crippen LogP contribution in [0.4, 0.5) is 17.1 Å². The highest BCUT2D eigenvalue weighted by Crippen LogP contribution is 2.33. The number of nitrogens with one attached hydrogen (secondary N) is 2. The van der Waals surface area contributed by atoms with Crippen molar-refractivity contribution < 1.29 is 9.59 Å². The maximum Gasteiger partial charge on any atom is 0.260 e. The number of hydrazine groups is 1. The smallest absolute Gasteiger partial charge is 0.260 e. The summed E-state index contributed by atoms with van der Waals surface area (Å²) in [5.74, 6) is -1.68. The normalized spacial score (nSPS) is 16.1. The molecule has 2 N–H and O–H groups in total. The van der Waals surface area contributed by atoms with E-state index in [1.165, 1.54) is 5.01 Å². The molecule has 1 atom stereocenters. The molecular formula is C23H17Cl2N5O2. The van der Waals surface area contributed by atoms with Crippen molar-refractivity contribution in [3.8, 4) is 0 Å². The molecule has 9 heteroatoms. The van der Waals surface area contributed by atoms with Gasteiger partial charge in [0.1, 0.15) is 5.92 Å². The number of aromatic amines is 1. The topological polar surface area (TPSA) is 81.3 Å². The standard InChI is InChI=1S/C23H17Cl2N5O2/c24-15-3-1-5-18(9-15)29-13-20(23(32)30(29)19-6-2-4-16(25)10-19)22(31)27-17-8-7-14-12-26-28-21(14)11-17/h1-12,20H,13H2,(H,26,28)(H,27,31). The number of anilines is 3. The summed E-state index contributed by atoms with van der Waals surface area (Å²) in [5.41, 5.74) is 2.63. The molecule has 0 bridgehead atoms. The van der Waals surface area contributed by atoms with E-state index in [1.807, 2.05) is 12.1 Å². The zero-order chi connectivity index (χ0) is 22.2. The average molecular weight is 466 g/mol. The van der Waals surface area contributed by atoms with E-state index in [0.29, 0.717) is 27.1 Å². The van der Waals surface area contributed by atoms with E-state index in [9.17, 15) is 9.59 Å². The fourth-order valence-corrected chi connectivity index (χ4v) is 4.14. The summed E-state index contributed by atoms with van der Waals surface area (Å²) >= 11 is 12.4. The lowest BCUT2D eigenvalue weighted by atomic mass is 10.1. The first-order valence-corrected chi connectivity index (χ1v) is 10.6. The maximum absolute atomic E-state index is 13.4. The van der Waals surface area contributed by atoms with Gasteiger partial charge in [-0.3, -0.25) is 19.7 Å². The Labute approximate surface area is 193 Å². The van der Waals surface area contributed by atoms with Crippen molar-refractivity contribution in [3.05, 3.63) is 83.0 Å². The Bertz CT molecular complexity index is 1340. The minimum Gasteiger partial charge on any atom is -0.325 e. The van der Waals surface area contributed by atoms with Gasteiger partial charge in [0.15, 0.2) is 0 Å². The third-order valence-corrected chi connectivity index (χ3v) is 5.76. The molecule has 0 saturated carbocycles. The Kier molecular flexibility index (Phi) is 5.20. The second-order valence-corrected chi connectivity index (χ2v) is 8.28. The minimum absolute atomic E-state index is 0.157. The Morgan fingerprint density at radius 1 is 1.00 bits per heavy atom. The molecule has 0 spiro atoms. The van der Waals surface area contributed by atoms with E-state index in [4.69, 9.17) is 23.2 Å². The lowest BCUT2D eigenvalue weighted by molar-refractivity contribution is -0.128. The van der Waals surface area contributed by atoms with Gasteiger partial charge in [-0.1, -0.05) is 35.3 Å². The van der Waals surface area contributed by atoms with E-state index in [1.54, 1.807) is 65.8 Å². The molecule has 160 valence electrons. The number of hydrogen-bond donors (Lipinski definition) is 2. The predicted octanol–water partition coefficient (Wildman–Crippen LogP) is 4.89. The number of benzene rings is 3. The number of rotatable bonds is 4. The van der Waals surface area contributed by atoms with Crippen molar-refractivity contribution in [2.75, 3.05) is 21.9 Å². The van der Waals surface area contributed by atoms with Crippen molar-refractivity contribution >= 4 is 63.0 Å². The van der Waals surface area contributed by atoms with Crippen molar-refractivity contribution in [3.63, 3.8) is 0 Å². The maximum atomic E-state index is 13.4. The number of halogens is 2. The first-order valence-electron chi connectivity index (χ1n) is 9.86. The van der Waals surface area contributed by atoms with Gasteiger partial charge in [-0.2, -0.15) is 5.10 Å². The van der Waals surface area contributed by atoms with Gasteiger partial charge in [0.25, 0.3) is 5.91 Å². The molecule has 5 rings (SSSR count). The van der Waals surface area contributed by atoms with Gasteiger partial charge < -0.3 is 5.32 Å². The molecule has 0 radical (unpaired) electrons. The fourth-order valence-electron chi connectivity index (χ4n) is 3.77. The summed E-state index contributed by atoms with van der Waals surface area (Å²) in [4.78, 5) is 26.5. The molecule has 1 saturated heterocycles. The zero-order valence-electron chi connectivity index (χ0n) is 16.6. The van der Waals surface area contributed by atoms with Crippen LogP contribution in [0.3, 0.4) is 0 Å². The number of aromatic nitrogens is 2. The second kappa shape index (κ2) is 8.18. The summed E-state index contributed by atoms with van der Waals surface area (Å²) < 4.78 is 0. The lowest BCUT2D eigenvalue weighted by Gasteiger charge is -2.29. The molecule has 4 aromatic rings. The molecule has 7 nitrogen and oxygen atoms in total. The van der Waals surface area contributed by atoms with Crippen LogP contribution in [0.2, 0.25) is 10.0 Å². The van der Waals surface area contributed by atoms with Crippen LogP contribution in [0.15, 0.2) is 72.9 Å². The summed E-state index contributed by atoms with van der Waals surface area (Å²) in [6.07, 6.45) is 1.70. The number of carbonyl (C=O) groups excluding carboxylic acids is 2. The molecule has 1 fully saturated rings. The molecular weight excluding hydrogens is 449 g/mol. The molecule has 3 aromatic carbocycles. The fraction of sp³-hybridized carbons (Fsp3) is 0.0870. The molecule has 1 aliphatic heterocycles. The van der Waals surface area contributed by atoms with Crippen LogP contribution in [0.25, 0.3) is 10.9 Å². The first kappa shape index (κ1) is 20.4. The third kappa shape index (κ3) is 3.77. The second-order valence-electron chi connectivity index (χ2n) is 7.41. The number of H-pyrrole nitrogens is 1. The van der Waals surface area contributed by atoms with E-state index < -0.39 is 11.8 Å². The first-order chi connectivity index (χ1) is 15.5. The quantitative estimate of drug-likeness (QED) is 0.420. The SMILES string of the molecule is O=C(Nc1ccc2cn[nH]c2c1)C1CN(c2cccc(Cl)c2)N(c2cccc(Cl)c2)C1=O. The third-order valence-electron chi connectivity index (χ3n) is 5.29. The highest BCUT2D eigenvalue weighted by atomic mass is 35.5. The van der Waals surface area contributed by atoms with Gasteiger partial charge >= 0.3 is 0 Å². The Hall–Kier alpha value is -3.55. The van der Waals surface area contributed by atoms with Gasteiger partial charge in [-0.05, 0) is 54.6 Å². The Balaban J connectivity index is 1.47. The molecule has 2 amide bonds. The van der Waals surface area contributed by atoms with Crippen LogP contribution in [-0.4, -0.2) is 28.6 Å². The molecule has 1 aliphatic rings. The Morgan fingerprint density at radius 2 is 1.72 bits per heavy atom. The molecule has 1 unspecified atom stereocenters. The van der Waals surface area contributed by atoms with Gasteiger partial charge in [0.2, 0.25) is 5.91 Å². The van der Waals surface area contributed by atoms with Crippen LogP contribution in [0.5, 0.6) is 0 Å². The van der Waals surface area contributed by atoms with Crippen molar-refractivity contribution in [2.45, 2.75) is 0 Å². The van der Waals surface area contributed by atoms with Crippen molar-refractivity contribution in [1.29, 1.82) is 0 Å². The number of fused-ring (bicyclic) bond motifs is 1. The van der Waals surface area contributed by atoms with E-state index >= 15 is 0 Å². The highest BCUT2D eigenvalue weighted by Gasteiger charge is 2.43. The predicted molar refractivity (Wildman–Crippen MR) is 126 cm³/mol. The molecule has 2 heterocycles.